The van der Waals surface area contributed by atoms with Gasteiger partial charge >= 0.3 is 0 Å². The molecule has 0 aliphatic carbocycles. The van der Waals surface area contributed by atoms with Crippen molar-refractivity contribution in [3.05, 3.63) is 0 Å². The highest BCUT2D eigenvalue weighted by atomic mass is 35.5. The molecule has 1 saturated heterocycles. The van der Waals surface area contributed by atoms with Crippen molar-refractivity contribution in [1.82, 2.24) is 10.6 Å². The maximum Gasteiger partial charge on any atom is 0.237 e. The summed E-state index contributed by atoms with van der Waals surface area (Å²) >= 11 is 0. The summed E-state index contributed by atoms with van der Waals surface area (Å²) in [5.74, 6) is 0.0878. The molecule has 0 aromatic rings. The van der Waals surface area contributed by atoms with Crippen LogP contribution in [0.25, 0.3) is 0 Å². The Labute approximate surface area is 85.0 Å². The highest BCUT2D eigenvalue weighted by molar-refractivity contribution is 5.85. The third-order valence-electron chi connectivity index (χ3n) is 1.98. The molecule has 0 radical (unpaired) electrons. The van der Waals surface area contributed by atoms with Gasteiger partial charge in [0.25, 0.3) is 0 Å². The topological polar surface area (TPSA) is 67.1 Å². The molecule has 0 spiro atoms. The quantitative estimate of drug-likeness (QED) is 0.592. The van der Waals surface area contributed by atoms with E-state index in [9.17, 15) is 4.79 Å². The SMILES string of the molecule is CC(N)CNC(=O)[C@@H]1CCCN1.Cl. The Morgan fingerprint density at radius 1 is 1.77 bits per heavy atom. The second-order valence-corrected chi connectivity index (χ2v) is 3.37. The average Bonchev–Trinajstić information content (AvgIpc) is 2.51. The maximum absolute atomic E-state index is 11.3. The van der Waals surface area contributed by atoms with Crippen LogP contribution in [0.2, 0.25) is 0 Å². The number of nitrogens with one attached hydrogen (secondary N) is 2. The molecule has 1 amide bonds. The average molecular weight is 208 g/mol. The van der Waals surface area contributed by atoms with Gasteiger partial charge in [0.15, 0.2) is 0 Å². The van der Waals surface area contributed by atoms with E-state index in [0.29, 0.717) is 6.54 Å². The molecular formula is C8H18ClN3O. The van der Waals surface area contributed by atoms with Crippen molar-refractivity contribution in [3.63, 3.8) is 0 Å². The minimum absolute atomic E-state index is 0. The van der Waals surface area contributed by atoms with Gasteiger partial charge in [-0.3, -0.25) is 4.79 Å². The van der Waals surface area contributed by atoms with Gasteiger partial charge in [-0.15, -0.1) is 12.4 Å². The molecular weight excluding hydrogens is 190 g/mol. The molecule has 1 aliphatic rings. The fourth-order valence-corrected chi connectivity index (χ4v) is 1.29. The number of carbonyl (C=O) groups is 1. The van der Waals surface area contributed by atoms with Gasteiger partial charge < -0.3 is 16.4 Å². The second-order valence-electron chi connectivity index (χ2n) is 3.37. The first-order chi connectivity index (χ1) is 5.70. The van der Waals surface area contributed by atoms with Gasteiger partial charge in [-0.25, -0.2) is 0 Å². The molecule has 1 rings (SSSR count). The molecule has 0 aromatic carbocycles. The standard InChI is InChI=1S/C8H17N3O.ClH/c1-6(9)5-11-8(12)7-3-2-4-10-7;/h6-7,10H,2-5,9H2,1H3,(H,11,12);1H/t6?,7-;/m0./s1. The van der Waals surface area contributed by atoms with Crippen molar-refractivity contribution >= 4 is 18.3 Å². The smallest absolute Gasteiger partial charge is 0.237 e. The van der Waals surface area contributed by atoms with E-state index in [1.165, 1.54) is 0 Å². The number of hydrogen-bond acceptors (Lipinski definition) is 3. The van der Waals surface area contributed by atoms with Crippen LogP contribution in [-0.4, -0.2) is 31.1 Å². The lowest BCUT2D eigenvalue weighted by molar-refractivity contribution is -0.122. The minimum atomic E-state index is 0. The van der Waals surface area contributed by atoms with Gasteiger partial charge in [-0.05, 0) is 26.3 Å². The zero-order valence-corrected chi connectivity index (χ0v) is 8.69. The van der Waals surface area contributed by atoms with Crippen LogP contribution in [0.4, 0.5) is 0 Å². The van der Waals surface area contributed by atoms with Crippen molar-refractivity contribution in [3.8, 4) is 0 Å². The van der Waals surface area contributed by atoms with E-state index in [-0.39, 0.29) is 30.4 Å². The molecule has 78 valence electrons. The van der Waals surface area contributed by atoms with Crippen LogP contribution >= 0.6 is 12.4 Å². The molecule has 1 aliphatic heterocycles. The Balaban J connectivity index is 0.00000144. The molecule has 1 fully saturated rings. The Hall–Kier alpha value is -0.320. The first-order valence-electron chi connectivity index (χ1n) is 4.47. The summed E-state index contributed by atoms with van der Waals surface area (Å²) < 4.78 is 0. The lowest BCUT2D eigenvalue weighted by Gasteiger charge is -2.12. The fraction of sp³-hybridized carbons (Fsp3) is 0.875. The highest BCUT2D eigenvalue weighted by Gasteiger charge is 2.21. The zero-order valence-electron chi connectivity index (χ0n) is 7.88. The second kappa shape index (κ2) is 6.18. The summed E-state index contributed by atoms with van der Waals surface area (Å²) in [4.78, 5) is 11.3. The van der Waals surface area contributed by atoms with Crippen LogP contribution in [0.3, 0.4) is 0 Å². The van der Waals surface area contributed by atoms with Crippen LogP contribution in [0, 0.1) is 0 Å². The number of halogens is 1. The summed E-state index contributed by atoms with van der Waals surface area (Å²) in [7, 11) is 0. The molecule has 1 unspecified atom stereocenters. The molecule has 0 saturated carbocycles. The minimum Gasteiger partial charge on any atom is -0.353 e. The maximum atomic E-state index is 11.3. The van der Waals surface area contributed by atoms with Crippen molar-refractivity contribution in [2.24, 2.45) is 5.73 Å². The predicted molar refractivity (Wildman–Crippen MR) is 54.9 cm³/mol. The van der Waals surface area contributed by atoms with Gasteiger partial charge in [0.2, 0.25) is 5.91 Å². The van der Waals surface area contributed by atoms with Crippen LogP contribution < -0.4 is 16.4 Å². The summed E-state index contributed by atoms with van der Waals surface area (Å²) in [6.45, 7) is 3.40. The first-order valence-corrected chi connectivity index (χ1v) is 4.47. The normalized spacial score (nSPS) is 23.4. The van der Waals surface area contributed by atoms with Gasteiger partial charge in [0.1, 0.15) is 0 Å². The van der Waals surface area contributed by atoms with Crippen LogP contribution in [0.15, 0.2) is 0 Å². The molecule has 4 nitrogen and oxygen atoms in total. The summed E-state index contributed by atoms with van der Waals surface area (Å²) in [6, 6.07) is 0.0547. The number of carbonyl (C=O) groups excluding carboxylic acids is 1. The van der Waals surface area contributed by atoms with Gasteiger partial charge in [0, 0.05) is 12.6 Å². The van der Waals surface area contributed by atoms with E-state index in [2.05, 4.69) is 10.6 Å². The van der Waals surface area contributed by atoms with Crippen molar-refractivity contribution in [1.29, 1.82) is 0 Å². The number of amides is 1. The van der Waals surface area contributed by atoms with Crippen molar-refractivity contribution in [2.75, 3.05) is 13.1 Å². The molecule has 0 bridgehead atoms. The number of hydrogen-bond donors (Lipinski definition) is 3. The van der Waals surface area contributed by atoms with E-state index >= 15 is 0 Å². The lowest BCUT2D eigenvalue weighted by Crippen LogP contribution is -2.44. The van der Waals surface area contributed by atoms with E-state index in [0.717, 1.165) is 19.4 Å². The predicted octanol–water partition coefficient (Wildman–Crippen LogP) is -0.376. The number of nitrogens with two attached hydrogens (primary N) is 1. The van der Waals surface area contributed by atoms with E-state index < -0.39 is 0 Å². The number of rotatable bonds is 3. The summed E-state index contributed by atoms with van der Waals surface area (Å²) in [5.41, 5.74) is 5.50. The molecule has 0 aromatic heterocycles. The van der Waals surface area contributed by atoms with E-state index in [1.807, 2.05) is 6.92 Å². The van der Waals surface area contributed by atoms with Crippen LogP contribution in [0.1, 0.15) is 19.8 Å². The molecule has 5 heteroatoms. The fourth-order valence-electron chi connectivity index (χ4n) is 1.29. The molecule has 2 atom stereocenters. The van der Waals surface area contributed by atoms with Crippen molar-refractivity contribution < 1.29 is 4.79 Å². The van der Waals surface area contributed by atoms with E-state index in [1.54, 1.807) is 0 Å². The zero-order chi connectivity index (χ0) is 8.97. The monoisotopic (exact) mass is 207 g/mol. The third kappa shape index (κ3) is 4.45. The molecule has 4 N–H and O–H groups in total. The van der Waals surface area contributed by atoms with Crippen LogP contribution in [0.5, 0.6) is 0 Å². The Kier molecular flexibility index (Phi) is 6.03. The van der Waals surface area contributed by atoms with Gasteiger partial charge in [0.05, 0.1) is 6.04 Å². The van der Waals surface area contributed by atoms with E-state index in [4.69, 9.17) is 5.73 Å². The van der Waals surface area contributed by atoms with Gasteiger partial charge in [-0.1, -0.05) is 0 Å². The first kappa shape index (κ1) is 12.7. The summed E-state index contributed by atoms with van der Waals surface area (Å²) in [6.07, 6.45) is 2.04. The molecule has 1 heterocycles. The van der Waals surface area contributed by atoms with Crippen LogP contribution in [-0.2, 0) is 4.79 Å². The van der Waals surface area contributed by atoms with Gasteiger partial charge in [-0.2, -0.15) is 0 Å². The molecule has 13 heavy (non-hydrogen) atoms. The Bertz CT molecular complexity index is 157. The Morgan fingerprint density at radius 3 is 2.92 bits per heavy atom. The summed E-state index contributed by atoms with van der Waals surface area (Å²) in [5, 5.41) is 5.92. The highest BCUT2D eigenvalue weighted by Crippen LogP contribution is 2.03. The lowest BCUT2D eigenvalue weighted by atomic mass is 10.2. The van der Waals surface area contributed by atoms with Crippen molar-refractivity contribution in [2.45, 2.75) is 31.8 Å². The largest absolute Gasteiger partial charge is 0.353 e. The Morgan fingerprint density at radius 2 is 2.46 bits per heavy atom. The third-order valence-corrected chi connectivity index (χ3v) is 1.98.